The Balaban J connectivity index is 1.48. The van der Waals surface area contributed by atoms with Crippen LogP contribution in [0.5, 0.6) is 0 Å². The molecule has 2 nitrogen and oxygen atoms in total. The van der Waals surface area contributed by atoms with Crippen LogP contribution in [0.1, 0.15) is 54.2 Å². The highest BCUT2D eigenvalue weighted by Crippen LogP contribution is 2.24. The lowest BCUT2D eigenvalue weighted by Gasteiger charge is -2.29. The average Bonchev–Trinajstić information content (AvgIpc) is 3.03. The molecule has 224 valence electrons. The molecule has 2 heteroatoms. The van der Waals surface area contributed by atoms with Crippen LogP contribution < -0.4 is 0 Å². The normalized spacial score (nSPS) is 11.6. The fourth-order valence-corrected chi connectivity index (χ4v) is 5.73. The van der Waals surface area contributed by atoms with Crippen LogP contribution in [0.2, 0.25) is 0 Å². The highest BCUT2D eigenvalue weighted by atomic mass is 15.1. The summed E-state index contributed by atoms with van der Waals surface area (Å²) in [5, 5.41) is 0. The molecule has 0 bridgehead atoms. The molecule has 0 saturated carbocycles. The van der Waals surface area contributed by atoms with Crippen LogP contribution in [0, 0.1) is 0 Å². The van der Waals surface area contributed by atoms with Crippen molar-refractivity contribution in [1.29, 1.82) is 0 Å². The minimum atomic E-state index is 0.134. The molecular weight excluding hydrogens is 532 g/mol. The predicted molar refractivity (Wildman–Crippen MR) is 187 cm³/mol. The minimum absolute atomic E-state index is 0.134. The van der Waals surface area contributed by atoms with Crippen molar-refractivity contribution in [2.24, 2.45) is 0 Å². The highest BCUT2D eigenvalue weighted by molar-refractivity contribution is 5.54. The number of hydrogen-bond donors (Lipinski definition) is 0. The zero-order valence-corrected chi connectivity index (χ0v) is 26.6. The monoisotopic (exact) mass is 578 g/mol. The maximum atomic E-state index is 2.59. The molecule has 44 heavy (non-hydrogen) atoms. The van der Waals surface area contributed by atoms with Crippen LogP contribution in [0.15, 0.2) is 151 Å². The zero-order chi connectivity index (χ0) is 30.6. The van der Waals surface area contributed by atoms with Crippen molar-refractivity contribution in [3.63, 3.8) is 0 Å². The van der Waals surface area contributed by atoms with Crippen molar-refractivity contribution in [1.82, 2.24) is 9.80 Å². The van der Waals surface area contributed by atoms with Crippen LogP contribution in [0.4, 0.5) is 0 Å². The van der Waals surface area contributed by atoms with Crippen molar-refractivity contribution in [3.8, 4) is 0 Å². The molecule has 0 atom stereocenters. The first kappa shape index (κ1) is 31.2. The van der Waals surface area contributed by atoms with Gasteiger partial charge >= 0.3 is 0 Å². The lowest BCUT2D eigenvalue weighted by molar-refractivity contribution is 0.245. The summed E-state index contributed by atoms with van der Waals surface area (Å²) in [4.78, 5) is 5.17. The first-order valence-electron chi connectivity index (χ1n) is 15.8. The fourth-order valence-electron chi connectivity index (χ4n) is 5.73. The van der Waals surface area contributed by atoms with Gasteiger partial charge in [0.05, 0.1) is 0 Å². The number of nitrogens with zero attached hydrogens (tertiary/aromatic N) is 2. The molecule has 0 aliphatic carbocycles. The van der Waals surface area contributed by atoms with E-state index in [0.717, 1.165) is 39.3 Å². The van der Waals surface area contributed by atoms with Crippen LogP contribution in [0.25, 0.3) is 6.08 Å². The van der Waals surface area contributed by atoms with Gasteiger partial charge in [-0.15, -0.1) is 0 Å². The second-order valence-corrected chi connectivity index (χ2v) is 12.9. The smallest absolute Gasteiger partial charge is 0.0240 e. The molecule has 0 N–H and O–H groups in total. The van der Waals surface area contributed by atoms with Crippen LogP contribution in [-0.4, -0.2) is 22.9 Å². The molecule has 0 spiro atoms. The van der Waals surface area contributed by atoms with Gasteiger partial charge in [0.15, 0.2) is 0 Å². The molecule has 0 unspecified atom stereocenters. The molecule has 0 heterocycles. The van der Waals surface area contributed by atoms with Crippen molar-refractivity contribution < 1.29 is 0 Å². The van der Waals surface area contributed by atoms with Crippen molar-refractivity contribution in [2.75, 3.05) is 13.1 Å². The van der Waals surface area contributed by atoms with E-state index in [0.29, 0.717) is 0 Å². The molecule has 0 aromatic heterocycles. The number of benzene rings is 5. The average molecular weight is 579 g/mol. The van der Waals surface area contributed by atoms with Gasteiger partial charge in [0.2, 0.25) is 0 Å². The van der Waals surface area contributed by atoms with E-state index in [1.165, 1.54) is 39.0 Å². The van der Waals surface area contributed by atoms with E-state index >= 15 is 0 Å². The van der Waals surface area contributed by atoms with Gasteiger partial charge in [-0.2, -0.15) is 0 Å². The summed E-state index contributed by atoms with van der Waals surface area (Å²) in [5.74, 6) is 0. The maximum Gasteiger partial charge on any atom is 0.0240 e. The van der Waals surface area contributed by atoms with E-state index in [2.05, 4.69) is 182 Å². The zero-order valence-electron chi connectivity index (χ0n) is 26.6. The third-order valence-electron chi connectivity index (χ3n) is 8.00. The first-order valence-corrected chi connectivity index (χ1v) is 15.8. The molecule has 5 aromatic carbocycles. The Morgan fingerprint density at radius 2 is 0.773 bits per heavy atom. The van der Waals surface area contributed by atoms with Crippen LogP contribution in [-0.2, 0) is 31.6 Å². The van der Waals surface area contributed by atoms with Crippen molar-refractivity contribution >= 4 is 6.08 Å². The Hall–Kier alpha value is -4.24. The van der Waals surface area contributed by atoms with Crippen LogP contribution >= 0.6 is 0 Å². The lowest BCUT2D eigenvalue weighted by Crippen LogP contribution is -2.31. The number of hydrogen-bond acceptors (Lipinski definition) is 2. The topological polar surface area (TPSA) is 6.48 Å². The van der Waals surface area contributed by atoms with Gasteiger partial charge < -0.3 is 0 Å². The Morgan fingerprint density at radius 3 is 1.07 bits per heavy atom. The van der Waals surface area contributed by atoms with Crippen LogP contribution in [0.3, 0.4) is 0 Å². The van der Waals surface area contributed by atoms with Gasteiger partial charge in [-0.3, -0.25) is 9.80 Å². The highest BCUT2D eigenvalue weighted by Gasteiger charge is 2.16. The van der Waals surface area contributed by atoms with Gasteiger partial charge in [0.25, 0.3) is 0 Å². The second-order valence-electron chi connectivity index (χ2n) is 12.9. The first-order chi connectivity index (χ1) is 21.4. The van der Waals surface area contributed by atoms with Gasteiger partial charge in [-0.05, 0) is 44.4 Å². The van der Waals surface area contributed by atoms with E-state index in [9.17, 15) is 0 Å². The molecule has 0 amide bonds. The largest absolute Gasteiger partial charge is 0.291 e. The van der Waals surface area contributed by atoms with E-state index in [-0.39, 0.29) is 5.41 Å². The molecule has 0 saturated heterocycles. The SMILES string of the molecule is CC(C)(C)c1ccc(C=C(CN(Cc2ccccc2)Cc2ccccc2)CN(Cc2ccccc2)Cc2ccccc2)cc1. The van der Waals surface area contributed by atoms with E-state index in [1.54, 1.807) is 0 Å². The Bertz CT molecular complexity index is 1380. The molecule has 5 rings (SSSR count). The summed E-state index contributed by atoms with van der Waals surface area (Å²) in [6.45, 7) is 12.2. The summed E-state index contributed by atoms with van der Waals surface area (Å²) in [7, 11) is 0. The van der Waals surface area contributed by atoms with E-state index in [1.807, 2.05) is 0 Å². The van der Waals surface area contributed by atoms with Crippen molar-refractivity contribution in [2.45, 2.75) is 52.4 Å². The molecule has 0 fully saturated rings. The minimum Gasteiger partial charge on any atom is -0.291 e. The van der Waals surface area contributed by atoms with Gasteiger partial charge in [0.1, 0.15) is 0 Å². The Labute approximate surface area is 265 Å². The summed E-state index contributed by atoms with van der Waals surface area (Å²) in [5.41, 5.74) is 9.51. The van der Waals surface area contributed by atoms with E-state index in [4.69, 9.17) is 0 Å². The summed E-state index contributed by atoms with van der Waals surface area (Å²) in [6, 6.07) is 52.6. The standard InChI is InChI=1S/C42H46N2/c1-42(2,3)41-26-24-35(25-27-41)28-40(33-43(29-36-16-8-4-9-17-36)30-37-18-10-5-11-19-37)34-44(31-38-20-12-6-13-21-38)32-39-22-14-7-15-23-39/h4-28H,29-34H2,1-3H3. The third-order valence-corrected chi connectivity index (χ3v) is 8.00. The molecule has 5 aromatic rings. The fraction of sp³-hybridized carbons (Fsp3) is 0.238. The quantitative estimate of drug-likeness (QED) is 0.137. The second kappa shape index (κ2) is 15.5. The predicted octanol–water partition coefficient (Wildman–Crippen LogP) is 9.77. The maximum absolute atomic E-state index is 2.59. The van der Waals surface area contributed by atoms with Gasteiger partial charge in [-0.25, -0.2) is 0 Å². The number of rotatable bonds is 13. The third kappa shape index (κ3) is 9.91. The molecule has 0 radical (unpaired) electrons. The van der Waals surface area contributed by atoms with Gasteiger partial charge in [0, 0.05) is 39.3 Å². The Morgan fingerprint density at radius 1 is 0.455 bits per heavy atom. The summed E-state index contributed by atoms with van der Waals surface area (Å²) >= 11 is 0. The van der Waals surface area contributed by atoms with E-state index < -0.39 is 0 Å². The molecule has 0 aliphatic heterocycles. The Kier molecular flexibility index (Phi) is 11.0. The summed E-state index contributed by atoms with van der Waals surface area (Å²) in [6.07, 6.45) is 2.43. The van der Waals surface area contributed by atoms with Gasteiger partial charge in [-0.1, -0.05) is 172 Å². The molecule has 0 aliphatic rings. The lowest BCUT2D eigenvalue weighted by atomic mass is 9.86. The molecular formula is C42H46N2. The summed E-state index contributed by atoms with van der Waals surface area (Å²) < 4.78 is 0. The van der Waals surface area contributed by atoms with Crippen molar-refractivity contribution in [3.05, 3.63) is 185 Å².